The number of likely N-dealkylation sites (tertiary alicyclic amines) is 1. The van der Waals surface area contributed by atoms with Gasteiger partial charge in [0, 0.05) is 16.1 Å². The molecule has 0 aromatic heterocycles. The number of rotatable bonds is 7. The summed E-state index contributed by atoms with van der Waals surface area (Å²) >= 11 is 1.58. The molecule has 1 aliphatic rings. The molecule has 8 heteroatoms. The maximum absolute atomic E-state index is 14.2. The molecule has 0 aliphatic carbocycles. The SMILES string of the molecule is CSc1cccc(NC(=O)NC2CC(c3ccccc3)CC(c3ccccc3)N(CC(=O)NC(C)(C)C)C2=O)c1. The van der Waals surface area contributed by atoms with E-state index in [2.05, 4.69) is 28.1 Å². The maximum atomic E-state index is 14.2. The zero-order valence-electron chi connectivity index (χ0n) is 23.5. The minimum atomic E-state index is -0.815. The van der Waals surface area contributed by atoms with E-state index in [1.165, 1.54) is 0 Å². The number of anilines is 1. The first-order valence-corrected chi connectivity index (χ1v) is 14.8. The third kappa shape index (κ3) is 7.88. The van der Waals surface area contributed by atoms with Gasteiger partial charge in [-0.2, -0.15) is 0 Å². The van der Waals surface area contributed by atoms with Gasteiger partial charge in [0.25, 0.3) is 0 Å². The highest BCUT2D eigenvalue weighted by Gasteiger charge is 2.40. The topological polar surface area (TPSA) is 90.5 Å². The highest BCUT2D eigenvalue weighted by molar-refractivity contribution is 7.98. The summed E-state index contributed by atoms with van der Waals surface area (Å²) in [6, 6.07) is 25.8. The summed E-state index contributed by atoms with van der Waals surface area (Å²) in [5, 5.41) is 8.80. The van der Waals surface area contributed by atoms with Crippen LogP contribution < -0.4 is 16.0 Å². The molecule has 3 aromatic carbocycles. The van der Waals surface area contributed by atoms with Gasteiger partial charge in [-0.3, -0.25) is 9.59 Å². The Labute approximate surface area is 241 Å². The van der Waals surface area contributed by atoms with Gasteiger partial charge in [-0.05, 0) is 75.1 Å². The summed E-state index contributed by atoms with van der Waals surface area (Å²) < 4.78 is 0. The molecule has 3 N–H and O–H groups in total. The van der Waals surface area contributed by atoms with Crippen molar-refractivity contribution in [1.82, 2.24) is 15.5 Å². The molecule has 3 atom stereocenters. The smallest absolute Gasteiger partial charge is 0.319 e. The quantitative estimate of drug-likeness (QED) is 0.312. The van der Waals surface area contributed by atoms with Crippen LogP contribution in [0.4, 0.5) is 10.5 Å². The Bertz CT molecular complexity index is 1310. The number of hydrogen-bond donors (Lipinski definition) is 3. The molecule has 3 aromatic rings. The van der Waals surface area contributed by atoms with Crippen molar-refractivity contribution in [2.75, 3.05) is 18.1 Å². The molecule has 0 spiro atoms. The van der Waals surface area contributed by atoms with Gasteiger partial charge in [-0.1, -0.05) is 66.7 Å². The average molecular weight is 559 g/mol. The first kappa shape index (κ1) is 29.2. The van der Waals surface area contributed by atoms with Crippen molar-refractivity contribution < 1.29 is 14.4 Å². The van der Waals surface area contributed by atoms with Crippen molar-refractivity contribution in [3.63, 3.8) is 0 Å². The number of carbonyl (C=O) groups is 3. The van der Waals surface area contributed by atoms with Crippen LogP contribution in [0, 0.1) is 0 Å². The Morgan fingerprint density at radius 2 is 1.55 bits per heavy atom. The van der Waals surface area contributed by atoms with Crippen LogP contribution in [0.5, 0.6) is 0 Å². The van der Waals surface area contributed by atoms with Crippen LogP contribution in [-0.2, 0) is 9.59 Å². The number of hydrogen-bond acceptors (Lipinski definition) is 4. The second-order valence-corrected chi connectivity index (χ2v) is 12.0. The Hall–Kier alpha value is -3.78. The molecule has 1 saturated heterocycles. The number of nitrogens with zero attached hydrogens (tertiary/aromatic N) is 1. The molecule has 40 heavy (non-hydrogen) atoms. The van der Waals surface area contributed by atoms with Crippen molar-refractivity contribution in [2.24, 2.45) is 0 Å². The van der Waals surface area contributed by atoms with E-state index in [1.54, 1.807) is 16.7 Å². The second kappa shape index (κ2) is 13.0. The third-order valence-electron chi connectivity index (χ3n) is 6.90. The standard InChI is InChI=1S/C32H38N4O3S/c1-32(2,3)35-29(37)21-36-28(23-14-9-6-10-15-23)19-24(22-12-7-5-8-13-22)18-27(30(36)38)34-31(39)33-25-16-11-17-26(20-25)40-4/h5-17,20,24,27-28H,18-19,21H2,1-4H3,(H,35,37)(H2,33,34,39). The van der Waals surface area contributed by atoms with E-state index in [9.17, 15) is 14.4 Å². The summed E-state index contributed by atoms with van der Waals surface area (Å²) in [6.45, 7) is 5.63. The number of nitrogens with one attached hydrogen (secondary N) is 3. The molecule has 7 nitrogen and oxygen atoms in total. The monoisotopic (exact) mass is 558 g/mol. The van der Waals surface area contributed by atoms with Crippen LogP contribution >= 0.6 is 11.8 Å². The molecule has 3 unspecified atom stereocenters. The molecule has 1 heterocycles. The Balaban J connectivity index is 1.67. The number of carbonyl (C=O) groups excluding carboxylic acids is 3. The first-order valence-electron chi connectivity index (χ1n) is 13.6. The lowest BCUT2D eigenvalue weighted by Gasteiger charge is -2.33. The third-order valence-corrected chi connectivity index (χ3v) is 7.63. The van der Waals surface area contributed by atoms with Crippen molar-refractivity contribution in [1.29, 1.82) is 0 Å². The van der Waals surface area contributed by atoms with Crippen LogP contribution in [0.15, 0.2) is 89.8 Å². The van der Waals surface area contributed by atoms with E-state index in [-0.39, 0.29) is 30.3 Å². The number of benzene rings is 3. The highest BCUT2D eigenvalue weighted by atomic mass is 32.2. The fourth-order valence-electron chi connectivity index (χ4n) is 5.17. The normalized spacial score (nSPS) is 19.4. The van der Waals surface area contributed by atoms with E-state index >= 15 is 0 Å². The summed E-state index contributed by atoms with van der Waals surface area (Å²) in [4.78, 5) is 43.2. The summed E-state index contributed by atoms with van der Waals surface area (Å²) in [5.41, 5.74) is 2.26. The molecule has 0 bridgehead atoms. The molecule has 1 aliphatic heterocycles. The van der Waals surface area contributed by atoms with Crippen molar-refractivity contribution >= 4 is 35.3 Å². The van der Waals surface area contributed by atoms with Crippen molar-refractivity contribution in [2.45, 2.75) is 62.0 Å². The molecular formula is C32H38N4O3S. The molecule has 1 fully saturated rings. The predicted molar refractivity (Wildman–Crippen MR) is 161 cm³/mol. The van der Waals surface area contributed by atoms with Gasteiger partial charge in [-0.25, -0.2) is 4.79 Å². The first-order chi connectivity index (χ1) is 19.1. The lowest BCUT2D eigenvalue weighted by atomic mass is 9.86. The largest absolute Gasteiger partial charge is 0.350 e. The van der Waals surface area contributed by atoms with Crippen LogP contribution in [0.1, 0.15) is 56.7 Å². The maximum Gasteiger partial charge on any atom is 0.319 e. The van der Waals surface area contributed by atoms with Crippen LogP contribution in [0.25, 0.3) is 0 Å². The Morgan fingerprint density at radius 3 is 2.17 bits per heavy atom. The van der Waals surface area contributed by atoms with Gasteiger partial charge in [0.05, 0.1) is 6.04 Å². The van der Waals surface area contributed by atoms with Gasteiger partial charge in [-0.15, -0.1) is 11.8 Å². The fraction of sp³-hybridized carbons (Fsp3) is 0.344. The van der Waals surface area contributed by atoms with E-state index in [0.717, 1.165) is 16.0 Å². The average Bonchev–Trinajstić information content (AvgIpc) is 3.05. The summed E-state index contributed by atoms with van der Waals surface area (Å²) in [7, 11) is 0. The molecule has 4 rings (SSSR count). The summed E-state index contributed by atoms with van der Waals surface area (Å²) in [6.07, 6.45) is 3.01. The second-order valence-electron chi connectivity index (χ2n) is 11.2. The van der Waals surface area contributed by atoms with E-state index < -0.39 is 17.6 Å². The number of amides is 4. The Kier molecular flexibility index (Phi) is 9.53. The van der Waals surface area contributed by atoms with Gasteiger partial charge in [0.1, 0.15) is 12.6 Å². The van der Waals surface area contributed by atoms with Gasteiger partial charge in [0.2, 0.25) is 11.8 Å². The number of urea groups is 1. The van der Waals surface area contributed by atoms with Crippen LogP contribution in [0.2, 0.25) is 0 Å². The van der Waals surface area contributed by atoms with Crippen molar-refractivity contribution in [3.8, 4) is 0 Å². The fourth-order valence-corrected chi connectivity index (χ4v) is 5.63. The predicted octanol–water partition coefficient (Wildman–Crippen LogP) is 5.96. The molecule has 0 saturated carbocycles. The van der Waals surface area contributed by atoms with Crippen LogP contribution in [-0.4, -0.2) is 47.1 Å². The summed E-state index contributed by atoms with van der Waals surface area (Å²) in [5.74, 6) is -0.530. The van der Waals surface area contributed by atoms with Crippen molar-refractivity contribution in [3.05, 3.63) is 96.1 Å². The number of thioether (sulfide) groups is 1. The van der Waals surface area contributed by atoms with Gasteiger partial charge < -0.3 is 20.9 Å². The zero-order valence-corrected chi connectivity index (χ0v) is 24.3. The van der Waals surface area contributed by atoms with Crippen LogP contribution in [0.3, 0.4) is 0 Å². The lowest BCUT2D eigenvalue weighted by molar-refractivity contribution is -0.139. The molecular weight excluding hydrogens is 520 g/mol. The molecule has 210 valence electrons. The Morgan fingerprint density at radius 1 is 0.900 bits per heavy atom. The highest BCUT2D eigenvalue weighted by Crippen LogP contribution is 2.39. The molecule has 4 amide bonds. The zero-order chi connectivity index (χ0) is 28.7. The molecule has 0 radical (unpaired) electrons. The van der Waals surface area contributed by atoms with Gasteiger partial charge >= 0.3 is 6.03 Å². The lowest BCUT2D eigenvalue weighted by Crippen LogP contribution is -2.53. The minimum absolute atomic E-state index is 0.0175. The van der Waals surface area contributed by atoms with E-state index in [4.69, 9.17) is 0 Å². The van der Waals surface area contributed by atoms with Gasteiger partial charge in [0.15, 0.2) is 0 Å². The van der Waals surface area contributed by atoms with E-state index in [0.29, 0.717) is 18.5 Å². The minimum Gasteiger partial charge on any atom is -0.350 e. The van der Waals surface area contributed by atoms with E-state index in [1.807, 2.05) is 99.8 Å².